The number of carbonyl (C=O) groups is 3. The summed E-state index contributed by atoms with van der Waals surface area (Å²) < 4.78 is 10.7. The van der Waals surface area contributed by atoms with Gasteiger partial charge in [-0.05, 0) is 19.1 Å². The van der Waals surface area contributed by atoms with E-state index in [1.165, 1.54) is 4.90 Å². The third-order valence-electron chi connectivity index (χ3n) is 3.83. The first kappa shape index (κ1) is 26.7. The van der Waals surface area contributed by atoms with Crippen molar-refractivity contribution >= 4 is 41.6 Å². The van der Waals surface area contributed by atoms with Gasteiger partial charge in [0, 0.05) is 18.8 Å². The molecule has 1 aliphatic heterocycles. The Morgan fingerprint density at radius 1 is 1.48 bits per heavy atom. The summed E-state index contributed by atoms with van der Waals surface area (Å²) in [6.07, 6.45) is 8.27. The molecule has 31 heavy (non-hydrogen) atoms. The van der Waals surface area contributed by atoms with Crippen LogP contribution in [0.25, 0.3) is 0 Å². The molecule has 0 aromatic rings. The maximum Gasteiger partial charge on any atom is 0.414 e. The maximum absolute atomic E-state index is 12.3. The van der Waals surface area contributed by atoms with Crippen LogP contribution in [0, 0.1) is 0 Å². The van der Waals surface area contributed by atoms with Gasteiger partial charge in [-0.3, -0.25) is 9.69 Å². The molecule has 1 saturated heterocycles. The molecule has 0 aromatic carbocycles. The fraction of sp³-hybridized carbons (Fsp3) is 0.381. The van der Waals surface area contributed by atoms with Crippen molar-refractivity contribution in [1.29, 1.82) is 0 Å². The van der Waals surface area contributed by atoms with E-state index in [0.29, 0.717) is 36.6 Å². The van der Waals surface area contributed by atoms with Crippen LogP contribution in [-0.4, -0.2) is 68.7 Å². The fourth-order valence-corrected chi connectivity index (χ4v) is 3.26. The van der Waals surface area contributed by atoms with Crippen LogP contribution in [0.1, 0.15) is 6.92 Å². The molecule has 1 aliphatic rings. The zero-order chi connectivity index (χ0) is 23.1. The molecule has 0 saturated carbocycles. The molecule has 2 amide bonds. The minimum absolute atomic E-state index is 0.0827. The van der Waals surface area contributed by atoms with Gasteiger partial charge >= 0.3 is 6.09 Å². The second kappa shape index (κ2) is 15.5. The predicted octanol–water partition coefficient (Wildman–Crippen LogP) is 2.70. The first-order valence-electron chi connectivity index (χ1n) is 9.59. The third-order valence-corrected chi connectivity index (χ3v) is 4.93. The van der Waals surface area contributed by atoms with Crippen LogP contribution >= 0.6 is 23.4 Å². The number of thioether (sulfide) groups is 1. The van der Waals surface area contributed by atoms with E-state index < -0.39 is 12.2 Å². The number of hydrogen-bond donors (Lipinski definition) is 2. The smallest absolute Gasteiger partial charge is 0.414 e. The largest absolute Gasteiger partial charge is 0.442 e. The normalized spacial score (nSPS) is 17.0. The standard InChI is InChI=1S/C21H28ClN3O5S/c1-4-7-17(8-6-9-23-10-12-29-13-11-26)25-15-18(30-21(25)28)14-24-20(27)19(5-2)31-16(3)22/h4-8,11,18,23H,1,3,9-10,12-15H2,2H3,(H,24,27)/b8-6-,17-7+,19-5-. The van der Waals surface area contributed by atoms with Gasteiger partial charge in [0.2, 0.25) is 0 Å². The van der Waals surface area contributed by atoms with Gasteiger partial charge in [-0.25, -0.2) is 4.79 Å². The highest BCUT2D eigenvalue weighted by atomic mass is 35.5. The molecule has 2 N–H and O–H groups in total. The molecule has 170 valence electrons. The summed E-state index contributed by atoms with van der Waals surface area (Å²) in [6, 6.07) is 0. The van der Waals surface area contributed by atoms with Crippen LogP contribution in [-0.2, 0) is 19.1 Å². The van der Waals surface area contributed by atoms with Gasteiger partial charge in [0.25, 0.3) is 5.91 Å². The quantitative estimate of drug-likeness (QED) is 0.165. The highest BCUT2D eigenvalue weighted by Gasteiger charge is 2.33. The lowest BCUT2D eigenvalue weighted by molar-refractivity contribution is -0.117. The van der Waals surface area contributed by atoms with Crippen molar-refractivity contribution < 1.29 is 23.9 Å². The molecule has 1 atom stereocenters. The van der Waals surface area contributed by atoms with E-state index in [-0.39, 0.29) is 30.0 Å². The number of cyclic esters (lactones) is 1. The number of allylic oxidation sites excluding steroid dienone is 4. The number of carbonyl (C=O) groups excluding carboxylic acids is 3. The highest BCUT2D eigenvalue weighted by molar-refractivity contribution is 8.08. The number of nitrogens with zero attached hydrogens (tertiary/aromatic N) is 1. The van der Waals surface area contributed by atoms with Crippen molar-refractivity contribution in [2.24, 2.45) is 0 Å². The topological polar surface area (TPSA) is 97.0 Å². The molecule has 0 radical (unpaired) electrons. The number of rotatable bonds is 15. The second-order valence-electron chi connectivity index (χ2n) is 6.11. The number of ether oxygens (including phenoxy) is 2. The van der Waals surface area contributed by atoms with E-state index in [9.17, 15) is 14.4 Å². The van der Waals surface area contributed by atoms with Crippen molar-refractivity contribution in [2.75, 3.05) is 39.4 Å². The van der Waals surface area contributed by atoms with E-state index in [2.05, 4.69) is 23.8 Å². The molecular formula is C21H28ClN3O5S. The number of hydrogen-bond acceptors (Lipinski definition) is 7. The molecule has 1 heterocycles. The third kappa shape index (κ3) is 10.5. The van der Waals surface area contributed by atoms with Gasteiger partial charge in [0.05, 0.1) is 29.0 Å². The minimum atomic E-state index is -0.498. The molecule has 0 bridgehead atoms. The zero-order valence-electron chi connectivity index (χ0n) is 17.5. The molecular weight excluding hydrogens is 442 g/mol. The van der Waals surface area contributed by atoms with Crippen LogP contribution in [0.5, 0.6) is 0 Å². The van der Waals surface area contributed by atoms with Gasteiger partial charge < -0.3 is 24.9 Å². The average Bonchev–Trinajstić information content (AvgIpc) is 3.11. The molecule has 0 spiro atoms. The summed E-state index contributed by atoms with van der Waals surface area (Å²) in [5, 5.41) is 5.87. The second-order valence-corrected chi connectivity index (χ2v) is 7.93. The van der Waals surface area contributed by atoms with Gasteiger partial charge in [-0.2, -0.15) is 0 Å². The molecule has 8 nitrogen and oxygen atoms in total. The van der Waals surface area contributed by atoms with Crippen molar-refractivity contribution in [3.05, 3.63) is 58.5 Å². The Bertz CT molecular complexity index is 751. The summed E-state index contributed by atoms with van der Waals surface area (Å²) in [4.78, 5) is 36.6. The van der Waals surface area contributed by atoms with Gasteiger partial charge in [-0.1, -0.05) is 54.7 Å². The molecule has 1 fully saturated rings. The van der Waals surface area contributed by atoms with E-state index in [1.54, 1.807) is 31.2 Å². The Balaban J connectivity index is 2.54. The maximum atomic E-state index is 12.3. The Hall–Kier alpha value is -2.33. The van der Waals surface area contributed by atoms with Gasteiger partial charge in [0.1, 0.15) is 19.0 Å². The van der Waals surface area contributed by atoms with E-state index in [1.807, 2.05) is 6.08 Å². The molecule has 0 aliphatic carbocycles. The molecule has 0 aromatic heterocycles. The van der Waals surface area contributed by atoms with Gasteiger partial charge in [0.15, 0.2) is 0 Å². The molecule has 1 rings (SSSR count). The molecule has 10 heteroatoms. The predicted molar refractivity (Wildman–Crippen MR) is 123 cm³/mol. The Labute approximate surface area is 192 Å². The fourth-order valence-electron chi connectivity index (χ4n) is 2.49. The Morgan fingerprint density at radius 2 is 2.26 bits per heavy atom. The Morgan fingerprint density at radius 3 is 2.90 bits per heavy atom. The summed E-state index contributed by atoms with van der Waals surface area (Å²) in [5.41, 5.74) is 0.621. The van der Waals surface area contributed by atoms with Crippen molar-refractivity contribution in [3.8, 4) is 0 Å². The van der Waals surface area contributed by atoms with Crippen molar-refractivity contribution in [2.45, 2.75) is 13.0 Å². The van der Waals surface area contributed by atoms with Crippen molar-refractivity contribution in [3.63, 3.8) is 0 Å². The van der Waals surface area contributed by atoms with Crippen LogP contribution in [0.3, 0.4) is 0 Å². The van der Waals surface area contributed by atoms with Crippen LogP contribution in [0.15, 0.2) is 58.5 Å². The lowest BCUT2D eigenvalue weighted by Gasteiger charge is -2.14. The first-order chi connectivity index (χ1) is 14.9. The van der Waals surface area contributed by atoms with E-state index in [0.717, 1.165) is 11.8 Å². The average molecular weight is 470 g/mol. The first-order valence-corrected chi connectivity index (χ1v) is 10.8. The molecule has 1 unspecified atom stereocenters. The van der Waals surface area contributed by atoms with Crippen molar-refractivity contribution in [1.82, 2.24) is 15.5 Å². The SMILES string of the molecule is C=C/C=C(\C=C/CNCCOCC=O)N1CC(CNC(=O)/C(=C/C)SC(=C)Cl)OC1=O. The monoisotopic (exact) mass is 469 g/mol. The van der Waals surface area contributed by atoms with E-state index >= 15 is 0 Å². The number of aldehydes is 1. The summed E-state index contributed by atoms with van der Waals surface area (Å²) >= 11 is 6.81. The van der Waals surface area contributed by atoms with Crippen LogP contribution < -0.4 is 10.6 Å². The number of amides is 2. The number of nitrogens with one attached hydrogen (secondary N) is 2. The summed E-state index contributed by atoms with van der Waals surface area (Å²) in [5.74, 6) is -0.311. The zero-order valence-corrected chi connectivity index (χ0v) is 19.0. The van der Waals surface area contributed by atoms with Crippen LogP contribution in [0.4, 0.5) is 4.79 Å². The minimum Gasteiger partial charge on any atom is -0.442 e. The highest BCUT2D eigenvalue weighted by Crippen LogP contribution is 2.26. The summed E-state index contributed by atoms with van der Waals surface area (Å²) in [6.45, 7) is 11.1. The van der Waals surface area contributed by atoms with Crippen LogP contribution in [0.2, 0.25) is 0 Å². The summed E-state index contributed by atoms with van der Waals surface area (Å²) in [7, 11) is 0. The Kier molecular flexibility index (Phi) is 13.3. The number of halogens is 1. The van der Waals surface area contributed by atoms with E-state index in [4.69, 9.17) is 21.1 Å². The lowest BCUT2D eigenvalue weighted by Crippen LogP contribution is -2.34. The van der Waals surface area contributed by atoms with Gasteiger partial charge in [-0.15, -0.1) is 0 Å². The lowest BCUT2D eigenvalue weighted by atomic mass is 10.2.